The average molecular weight is 343 g/mol. The van der Waals surface area contributed by atoms with E-state index in [-0.39, 0.29) is 11.8 Å². The van der Waals surface area contributed by atoms with Crippen LogP contribution in [0, 0.1) is 0 Å². The van der Waals surface area contributed by atoms with Gasteiger partial charge in [0.15, 0.2) is 11.5 Å². The van der Waals surface area contributed by atoms with Crippen LogP contribution in [0.2, 0.25) is 0 Å². The van der Waals surface area contributed by atoms with Gasteiger partial charge in [0.25, 0.3) is 0 Å². The van der Waals surface area contributed by atoms with Crippen LogP contribution in [0.15, 0.2) is 54.7 Å². The number of ether oxygens (including phenoxy) is 2. The number of carbonyl (C=O) groups is 1. The van der Waals surface area contributed by atoms with Gasteiger partial charge in [0, 0.05) is 0 Å². The molecule has 1 amide bonds. The summed E-state index contributed by atoms with van der Waals surface area (Å²) in [4.78, 5) is 11.8. The number of hydrogen-bond donors (Lipinski definition) is 1. The van der Waals surface area contributed by atoms with Gasteiger partial charge in [-0.3, -0.25) is 4.79 Å². The Bertz CT molecular complexity index is 618. The molecule has 0 saturated heterocycles. The number of primary amides is 1. The number of rotatable bonds is 11. The first-order valence-electron chi connectivity index (χ1n) is 8.63. The lowest BCUT2D eigenvalue weighted by atomic mass is 9.93. The zero-order valence-corrected chi connectivity index (χ0v) is 15.4. The SMILES string of the molecule is CCC/C=C/C=C/C=C/CCC(C(N)=O)c1ccc(OC)c(OC)c1. The molecule has 0 fully saturated rings. The zero-order chi connectivity index (χ0) is 18.5. The fourth-order valence-electron chi connectivity index (χ4n) is 2.45. The molecule has 0 bridgehead atoms. The molecule has 25 heavy (non-hydrogen) atoms. The normalized spacial score (nSPS) is 12.9. The zero-order valence-electron chi connectivity index (χ0n) is 15.4. The van der Waals surface area contributed by atoms with Crippen LogP contribution >= 0.6 is 0 Å². The molecule has 1 rings (SSSR count). The number of hydrogen-bond acceptors (Lipinski definition) is 3. The van der Waals surface area contributed by atoms with Gasteiger partial charge in [0.2, 0.25) is 5.91 Å². The minimum atomic E-state index is -0.349. The van der Waals surface area contributed by atoms with Crippen LogP contribution in [0.1, 0.15) is 44.1 Å². The van der Waals surface area contributed by atoms with Crippen molar-refractivity contribution in [2.75, 3.05) is 14.2 Å². The molecule has 0 aliphatic carbocycles. The van der Waals surface area contributed by atoms with E-state index in [4.69, 9.17) is 15.2 Å². The molecule has 0 aliphatic rings. The first-order chi connectivity index (χ1) is 12.1. The molecular weight excluding hydrogens is 314 g/mol. The van der Waals surface area contributed by atoms with E-state index in [9.17, 15) is 4.79 Å². The van der Waals surface area contributed by atoms with Crippen LogP contribution in [0.3, 0.4) is 0 Å². The minimum Gasteiger partial charge on any atom is -0.493 e. The predicted molar refractivity (Wildman–Crippen MR) is 103 cm³/mol. The van der Waals surface area contributed by atoms with E-state index >= 15 is 0 Å². The van der Waals surface area contributed by atoms with Gasteiger partial charge < -0.3 is 15.2 Å². The summed E-state index contributed by atoms with van der Waals surface area (Å²) in [5, 5.41) is 0. The highest BCUT2D eigenvalue weighted by Crippen LogP contribution is 2.32. The van der Waals surface area contributed by atoms with Crippen LogP contribution in [-0.2, 0) is 4.79 Å². The largest absolute Gasteiger partial charge is 0.493 e. The molecule has 0 radical (unpaired) electrons. The van der Waals surface area contributed by atoms with Crippen molar-refractivity contribution in [1.29, 1.82) is 0 Å². The number of allylic oxidation sites excluding steroid dienone is 6. The fraction of sp³-hybridized carbons (Fsp3) is 0.381. The Balaban J connectivity index is 2.65. The van der Waals surface area contributed by atoms with E-state index < -0.39 is 0 Å². The van der Waals surface area contributed by atoms with Crippen molar-refractivity contribution in [1.82, 2.24) is 0 Å². The summed E-state index contributed by atoms with van der Waals surface area (Å²) in [7, 11) is 3.16. The van der Waals surface area contributed by atoms with Crippen molar-refractivity contribution < 1.29 is 14.3 Å². The summed E-state index contributed by atoms with van der Waals surface area (Å²) in [6.45, 7) is 2.15. The molecule has 0 spiro atoms. The van der Waals surface area contributed by atoms with Crippen LogP contribution in [0.25, 0.3) is 0 Å². The van der Waals surface area contributed by atoms with E-state index in [1.54, 1.807) is 20.3 Å². The lowest BCUT2D eigenvalue weighted by Crippen LogP contribution is -2.21. The topological polar surface area (TPSA) is 61.6 Å². The van der Waals surface area contributed by atoms with Gasteiger partial charge >= 0.3 is 0 Å². The van der Waals surface area contributed by atoms with Crippen molar-refractivity contribution >= 4 is 5.91 Å². The second-order valence-corrected chi connectivity index (χ2v) is 5.68. The Hall–Kier alpha value is -2.49. The van der Waals surface area contributed by atoms with E-state index in [1.807, 2.05) is 42.5 Å². The molecule has 136 valence electrons. The van der Waals surface area contributed by atoms with Gasteiger partial charge in [-0.05, 0) is 37.0 Å². The Morgan fingerprint density at radius 3 is 2.24 bits per heavy atom. The van der Waals surface area contributed by atoms with Crippen LogP contribution < -0.4 is 15.2 Å². The molecule has 1 unspecified atom stereocenters. The molecule has 0 heterocycles. The van der Waals surface area contributed by atoms with Gasteiger partial charge in [-0.15, -0.1) is 0 Å². The maximum Gasteiger partial charge on any atom is 0.224 e. The molecule has 1 aromatic carbocycles. The van der Waals surface area contributed by atoms with Crippen molar-refractivity contribution in [3.8, 4) is 11.5 Å². The van der Waals surface area contributed by atoms with Crippen LogP contribution in [-0.4, -0.2) is 20.1 Å². The molecular formula is C21H29NO3. The monoisotopic (exact) mass is 343 g/mol. The van der Waals surface area contributed by atoms with Gasteiger partial charge in [0.05, 0.1) is 20.1 Å². The van der Waals surface area contributed by atoms with Crippen LogP contribution in [0.5, 0.6) is 11.5 Å². The molecule has 2 N–H and O–H groups in total. The third kappa shape index (κ3) is 7.29. The maximum absolute atomic E-state index is 11.8. The second kappa shape index (κ2) is 12.0. The van der Waals surface area contributed by atoms with Crippen LogP contribution in [0.4, 0.5) is 0 Å². The van der Waals surface area contributed by atoms with E-state index in [2.05, 4.69) is 13.0 Å². The molecule has 4 heteroatoms. The van der Waals surface area contributed by atoms with Gasteiger partial charge in [-0.1, -0.05) is 55.9 Å². The Labute approximate surface area is 151 Å². The lowest BCUT2D eigenvalue weighted by molar-refractivity contribution is -0.119. The lowest BCUT2D eigenvalue weighted by Gasteiger charge is -2.15. The third-order valence-corrected chi connectivity index (χ3v) is 3.84. The number of benzene rings is 1. The van der Waals surface area contributed by atoms with E-state index in [1.165, 1.54) is 0 Å². The first kappa shape index (κ1) is 20.6. The smallest absolute Gasteiger partial charge is 0.224 e. The molecule has 0 aliphatic heterocycles. The quantitative estimate of drug-likeness (QED) is 0.601. The average Bonchev–Trinajstić information content (AvgIpc) is 2.62. The number of amides is 1. The number of methoxy groups -OCH3 is 2. The number of nitrogens with two attached hydrogens (primary N) is 1. The summed E-state index contributed by atoms with van der Waals surface area (Å²) in [5.41, 5.74) is 6.43. The first-order valence-corrected chi connectivity index (χ1v) is 8.63. The van der Waals surface area contributed by atoms with Crippen molar-refractivity contribution in [2.24, 2.45) is 5.73 Å². The molecule has 1 atom stereocenters. The van der Waals surface area contributed by atoms with Crippen molar-refractivity contribution in [3.05, 3.63) is 60.2 Å². The maximum atomic E-state index is 11.8. The molecule has 1 aromatic rings. The summed E-state index contributed by atoms with van der Waals surface area (Å²) in [6.07, 6.45) is 15.9. The third-order valence-electron chi connectivity index (χ3n) is 3.84. The molecule has 4 nitrogen and oxygen atoms in total. The summed E-state index contributed by atoms with van der Waals surface area (Å²) in [6, 6.07) is 5.47. The summed E-state index contributed by atoms with van der Waals surface area (Å²) >= 11 is 0. The molecule has 0 saturated carbocycles. The van der Waals surface area contributed by atoms with Gasteiger partial charge in [0.1, 0.15) is 0 Å². The van der Waals surface area contributed by atoms with E-state index in [0.717, 1.165) is 24.8 Å². The Kier molecular flexibility index (Phi) is 9.83. The highest BCUT2D eigenvalue weighted by atomic mass is 16.5. The minimum absolute atomic E-state index is 0.335. The number of unbranched alkanes of at least 4 members (excludes halogenated alkanes) is 1. The summed E-state index contributed by atoms with van der Waals surface area (Å²) in [5.74, 6) is 0.552. The Morgan fingerprint density at radius 1 is 1.04 bits per heavy atom. The predicted octanol–water partition coefficient (Wildman–Crippen LogP) is 4.52. The molecule has 0 aromatic heterocycles. The van der Waals surface area contributed by atoms with E-state index in [0.29, 0.717) is 17.9 Å². The van der Waals surface area contributed by atoms with Crippen molar-refractivity contribution in [2.45, 2.75) is 38.5 Å². The number of carbonyl (C=O) groups excluding carboxylic acids is 1. The van der Waals surface area contributed by atoms with Gasteiger partial charge in [-0.25, -0.2) is 0 Å². The highest BCUT2D eigenvalue weighted by molar-refractivity contribution is 5.82. The highest BCUT2D eigenvalue weighted by Gasteiger charge is 2.18. The summed E-state index contributed by atoms with van der Waals surface area (Å²) < 4.78 is 10.5. The fourth-order valence-corrected chi connectivity index (χ4v) is 2.45. The Morgan fingerprint density at radius 2 is 1.68 bits per heavy atom. The van der Waals surface area contributed by atoms with Gasteiger partial charge in [-0.2, -0.15) is 0 Å². The second-order valence-electron chi connectivity index (χ2n) is 5.68. The standard InChI is InChI=1S/C21H29NO3/c1-4-5-6-7-8-9-10-11-12-13-18(21(22)23)17-14-15-19(24-2)20(16-17)25-3/h6-11,14-16,18H,4-5,12-13H2,1-3H3,(H2,22,23)/b7-6+,9-8+,11-10+. The van der Waals surface area contributed by atoms with Crippen molar-refractivity contribution in [3.63, 3.8) is 0 Å².